The summed E-state index contributed by atoms with van der Waals surface area (Å²) >= 11 is 5.80. The summed E-state index contributed by atoms with van der Waals surface area (Å²) in [6.45, 7) is 6.02. The maximum absolute atomic E-state index is 11.7. The largest absolute Gasteiger partial charge is 0.299 e. The molecule has 0 bridgehead atoms. The topological polar surface area (TPSA) is 71.1 Å². The van der Waals surface area contributed by atoms with E-state index in [0.717, 1.165) is 5.56 Å². The van der Waals surface area contributed by atoms with Gasteiger partial charge in [-0.2, -0.15) is 13.1 Å². The molecule has 1 aromatic heterocycles. The molecule has 1 rings (SSSR count). The monoisotopic (exact) mass is 277 g/mol. The zero-order valence-corrected chi connectivity index (χ0v) is 11.6. The molecular weight excluding hydrogens is 262 g/mol. The van der Waals surface area contributed by atoms with Gasteiger partial charge in [-0.3, -0.25) is 4.72 Å². The van der Waals surface area contributed by atoms with E-state index < -0.39 is 10.2 Å². The van der Waals surface area contributed by atoms with Crippen molar-refractivity contribution in [3.8, 4) is 0 Å². The standard InChI is InChI=1S/C10H16ClN3O2S/c1-7(2)5-13-17(15,16)14-9-4-8(3)6-12-10(9)11/h4,6-7,13-14H,5H2,1-3H3. The maximum Gasteiger partial charge on any atom is 0.299 e. The van der Waals surface area contributed by atoms with Gasteiger partial charge in [-0.15, -0.1) is 0 Å². The highest BCUT2D eigenvalue weighted by molar-refractivity contribution is 7.90. The van der Waals surface area contributed by atoms with Crippen LogP contribution in [0.1, 0.15) is 19.4 Å². The number of nitrogens with zero attached hydrogens (tertiary/aromatic N) is 1. The summed E-state index contributed by atoms with van der Waals surface area (Å²) < 4.78 is 28.1. The molecule has 0 aromatic carbocycles. The predicted molar refractivity (Wildman–Crippen MR) is 69.4 cm³/mol. The van der Waals surface area contributed by atoms with E-state index >= 15 is 0 Å². The van der Waals surface area contributed by atoms with E-state index in [-0.39, 0.29) is 16.8 Å². The van der Waals surface area contributed by atoms with Gasteiger partial charge in [0.25, 0.3) is 10.2 Å². The Kier molecular flexibility index (Phi) is 4.73. The molecule has 5 nitrogen and oxygen atoms in total. The first kappa shape index (κ1) is 14.2. The molecule has 1 heterocycles. The van der Waals surface area contributed by atoms with Crippen molar-refractivity contribution in [2.24, 2.45) is 5.92 Å². The third-order valence-corrected chi connectivity index (χ3v) is 3.24. The number of rotatable bonds is 5. The first-order chi connectivity index (χ1) is 7.80. The van der Waals surface area contributed by atoms with Gasteiger partial charge >= 0.3 is 0 Å². The molecule has 0 fully saturated rings. The lowest BCUT2D eigenvalue weighted by Gasteiger charge is -2.11. The van der Waals surface area contributed by atoms with Gasteiger partial charge in [0, 0.05) is 12.7 Å². The van der Waals surface area contributed by atoms with Crippen LogP contribution in [0, 0.1) is 12.8 Å². The first-order valence-corrected chi connectivity index (χ1v) is 7.06. The lowest BCUT2D eigenvalue weighted by Crippen LogP contribution is -2.33. The van der Waals surface area contributed by atoms with Crippen LogP contribution >= 0.6 is 11.6 Å². The number of anilines is 1. The fraction of sp³-hybridized carbons (Fsp3) is 0.500. The maximum atomic E-state index is 11.7. The van der Waals surface area contributed by atoms with Crippen molar-refractivity contribution in [1.29, 1.82) is 0 Å². The van der Waals surface area contributed by atoms with E-state index in [2.05, 4.69) is 14.4 Å². The van der Waals surface area contributed by atoms with E-state index in [9.17, 15) is 8.42 Å². The van der Waals surface area contributed by atoms with Gasteiger partial charge in [0.05, 0.1) is 5.69 Å². The minimum Gasteiger partial charge on any atom is -0.268 e. The molecule has 96 valence electrons. The minimum absolute atomic E-state index is 0.130. The summed E-state index contributed by atoms with van der Waals surface area (Å²) in [5, 5.41) is 0.130. The predicted octanol–water partition coefficient (Wildman–Crippen LogP) is 1.95. The molecule has 7 heteroatoms. The minimum atomic E-state index is -3.59. The first-order valence-electron chi connectivity index (χ1n) is 5.19. The van der Waals surface area contributed by atoms with Gasteiger partial charge < -0.3 is 0 Å². The van der Waals surface area contributed by atoms with Crippen LogP contribution in [-0.2, 0) is 10.2 Å². The van der Waals surface area contributed by atoms with Gasteiger partial charge in [0.2, 0.25) is 0 Å². The van der Waals surface area contributed by atoms with Crippen molar-refractivity contribution < 1.29 is 8.42 Å². The summed E-state index contributed by atoms with van der Waals surface area (Å²) in [5.74, 6) is 0.234. The Labute approximate surface area is 107 Å². The van der Waals surface area contributed by atoms with Crippen LogP contribution in [0.2, 0.25) is 5.15 Å². The van der Waals surface area contributed by atoms with Crippen LogP contribution in [0.15, 0.2) is 12.3 Å². The summed E-state index contributed by atoms with van der Waals surface area (Å²) in [6.07, 6.45) is 1.57. The Hall–Kier alpha value is -0.850. The second-order valence-electron chi connectivity index (χ2n) is 4.20. The van der Waals surface area contributed by atoms with Crippen molar-refractivity contribution in [2.75, 3.05) is 11.3 Å². The highest BCUT2D eigenvalue weighted by Crippen LogP contribution is 2.20. The van der Waals surface area contributed by atoms with Crippen molar-refractivity contribution in [3.63, 3.8) is 0 Å². The van der Waals surface area contributed by atoms with Crippen molar-refractivity contribution in [3.05, 3.63) is 23.0 Å². The number of halogens is 1. The molecule has 0 amide bonds. The molecule has 0 spiro atoms. The van der Waals surface area contributed by atoms with E-state index in [0.29, 0.717) is 6.54 Å². The second kappa shape index (κ2) is 5.66. The molecule has 17 heavy (non-hydrogen) atoms. The third-order valence-electron chi connectivity index (χ3n) is 1.90. The molecule has 0 aliphatic heterocycles. The van der Waals surface area contributed by atoms with E-state index in [1.54, 1.807) is 12.3 Å². The fourth-order valence-electron chi connectivity index (χ4n) is 1.08. The number of aryl methyl sites for hydroxylation is 1. The zero-order chi connectivity index (χ0) is 13.1. The van der Waals surface area contributed by atoms with Crippen molar-refractivity contribution in [2.45, 2.75) is 20.8 Å². The zero-order valence-electron chi connectivity index (χ0n) is 9.99. The quantitative estimate of drug-likeness (QED) is 0.808. The van der Waals surface area contributed by atoms with Gasteiger partial charge in [-0.25, -0.2) is 4.98 Å². The smallest absolute Gasteiger partial charge is 0.268 e. The summed E-state index contributed by atoms with van der Waals surface area (Å²) in [6, 6.07) is 1.63. The Balaban J connectivity index is 2.79. The fourth-order valence-corrected chi connectivity index (χ4v) is 2.36. The number of hydrogen-bond donors (Lipinski definition) is 2. The summed E-state index contributed by atoms with van der Waals surface area (Å²) in [7, 11) is -3.59. The molecule has 2 N–H and O–H groups in total. The molecule has 1 aromatic rings. The third kappa shape index (κ3) is 4.89. The van der Waals surface area contributed by atoms with E-state index in [4.69, 9.17) is 11.6 Å². The average Bonchev–Trinajstić information content (AvgIpc) is 2.20. The SMILES string of the molecule is Cc1cnc(Cl)c(NS(=O)(=O)NCC(C)C)c1. The molecule has 0 aliphatic carbocycles. The van der Waals surface area contributed by atoms with Gasteiger partial charge in [0.15, 0.2) is 5.15 Å². The number of hydrogen-bond acceptors (Lipinski definition) is 3. The van der Waals surface area contributed by atoms with E-state index in [1.807, 2.05) is 20.8 Å². The molecule has 0 aliphatic rings. The summed E-state index contributed by atoms with van der Waals surface area (Å²) in [4.78, 5) is 3.87. The second-order valence-corrected chi connectivity index (χ2v) is 6.06. The van der Waals surface area contributed by atoms with Crippen LogP contribution in [0.3, 0.4) is 0 Å². The van der Waals surface area contributed by atoms with Gasteiger partial charge in [0.1, 0.15) is 0 Å². The van der Waals surface area contributed by atoms with Crippen molar-refractivity contribution in [1.82, 2.24) is 9.71 Å². The summed E-state index contributed by atoms with van der Waals surface area (Å²) in [5.41, 5.74) is 1.11. The normalized spacial score (nSPS) is 11.8. The lowest BCUT2D eigenvalue weighted by molar-refractivity contribution is 0.565. The van der Waals surface area contributed by atoms with Crippen LogP contribution in [0.4, 0.5) is 5.69 Å². The molecule has 0 saturated heterocycles. The van der Waals surface area contributed by atoms with Crippen molar-refractivity contribution >= 4 is 27.5 Å². The highest BCUT2D eigenvalue weighted by Gasteiger charge is 2.12. The Morgan fingerprint density at radius 2 is 2.12 bits per heavy atom. The molecule has 0 saturated carbocycles. The van der Waals surface area contributed by atoms with Crippen LogP contribution in [0.25, 0.3) is 0 Å². The molecule has 0 unspecified atom stereocenters. The Morgan fingerprint density at radius 3 is 2.71 bits per heavy atom. The van der Waals surface area contributed by atoms with Gasteiger partial charge in [-0.05, 0) is 24.5 Å². The lowest BCUT2D eigenvalue weighted by atomic mass is 10.2. The van der Waals surface area contributed by atoms with Gasteiger partial charge in [-0.1, -0.05) is 25.4 Å². The Morgan fingerprint density at radius 1 is 1.47 bits per heavy atom. The van der Waals surface area contributed by atoms with Crippen LogP contribution in [-0.4, -0.2) is 19.9 Å². The molecular formula is C10H16ClN3O2S. The van der Waals surface area contributed by atoms with Crippen LogP contribution < -0.4 is 9.44 Å². The molecule has 0 atom stereocenters. The van der Waals surface area contributed by atoms with E-state index in [1.165, 1.54) is 0 Å². The van der Waals surface area contributed by atoms with Crippen LogP contribution in [0.5, 0.6) is 0 Å². The highest BCUT2D eigenvalue weighted by atomic mass is 35.5. The number of nitrogens with one attached hydrogen (secondary N) is 2. The molecule has 0 radical (unpaired) electrons. The number of pyridine rings is 1. The number of aromatic nitrogens is 1. The average molecular weight is 278 g/mol. The Bertz CT molecular complexity index is 488.